The number of hydrogen-bond acceptors (Lipinski definition) is 6. The molecule has 3 aliphatic heterocycles. The quantitative estimate of drug-likeness (QED) is 0.460. The number of nitrogens with one attached hydrogen (secondary N) is 1. The zero-order valence-corrected chi connectivity index (χ0v) is 20.3. The second-order valence-corrected chi connectivity index (χ2v) is 11.1. The lowest BCUT2D eigenvalue weighted by molar-refractivity contribution is 0.247. The summed E-state index contributed by atoms with van der Waals surface area (Å²) >= 11 is 5.68. The van der Waals surface area contributed by atoms with E-state index < -0.39 is 22.2 Å². The van der Waals surface area contributed by atoms with Gasteiger partial charge in [-0.3, -0.25) is 9.11 Å². The standard InChI is InChI=1S/C20H23ClF2N4O2S.2ClH/c21-14-8-15(22)12(7-16(14)23)18-25-17-10-30(28,29)9-13(17)19(26-18)27-5-2-20(3-6-27)1-4-24-11-20;;/h7-8,24,28-29H,1-6,9-11H2;2*1H. The van der Waals surface area contributed by atoms with Crippen LogP contribution < -0.4 is 10.2 Å². The molecule has 6 nitrogen and oxygen atoms in total. The Morgan fingerprint density at radius 1 is 1.03 bits per heavy atom. The van der Waals surface area contributed by atoms with Gasteiger partial charge in [-0.1, -0.05) is 11.6 Å². The van der Waals surface area contributed by atoms with Gasteiger partial charge in [-0.05, 0) is 43.4 Å². The lowest BCUT2D eigenvalue weighted by Gasteiger charge is -2.40. The third kappa shape index (κ3) is 4.66. The molecule has 0 saturated carbocycles. The van der Waals surface area contributed by atoms with Gasteiger partial charge in [-0.15, -0.1) is 24.8 Å². The summed E-state index contributed by atoms with van der Waals surface area (Å²) < 4.78 is 49.2. The summed E-state index contributed by atoms with van der Waals surface area (Å²) in [5, 5.41) is 3.13. The van der Waals surface area contributed by atoms with Crippen molar-refractivity contribution in [2.75, 3.05) is 31.1 Å². The second kappa shape index (κ2) is 9.37. The van der Waals surface area contributed by atoms with Crippen molar-refractivity contribution in [3.05, 3.63) is 40.0 Å². The molecule has 0 unspecified atom stereocenters. The minimum Gasteiger partial charge on any atom is -0.356 e. The van der Waals surface area contributed by atoms with Crippen LogP contribution in [0.1, 0.15) is 30.5 Å². The Morgan fingerprint density at radius 2 is 1.75 bits per heavy atom. The third-order valence-electron chi connectivity index (χ3n) is 6.52. The molecule has 2 aromatic rings. The number of aromatic nitrogens is 2. The zero-order valence-electron chi connectivity index (χ0n) is 17.1. The zero-order chi connectivity index (χ0) is 21.1. The molecule has 2 saturated heterocycles. The maximum absolute atomic E-state index is 14.5. The predicted octanol–water partition coefficient (Wildman–Crippen LogP) is 5.26. The monoisotopic (exact) mass is 528 g/mol. The molecule has 0 aliphatic carbocycles. The first-order valence-corrected chi connectivity index (χ1v) is 12.3. The molecule has 3 aliphatic rings. The minimum absolute atomic E-state index is 0. The number of hydrogen-bond donors (Lipinski definition) is 3. The van der Waals surface area contributed by atoms with Gasteiger partial charge in [0, 0.05) is 25.2 Å². The first-order valence-electron chi connectivity index (χ1n) is 9.99. The number of nitrogens with zero attached hydrogens (tertiary/aromatic N) is 3. The van der Waals surface area contributed by atoms with Gasteiger partial charge < -0.3 is 10.2 Å². The summed E-state index contributed by atoms with van der Waals surface area (Å²) in [6, 6.07) is 1.90. The van der Waals surface area contributed by atoms with Crippen molar-refractivity contribution in [1.82, 2.24) is 15.3 Å². The van der Waals surface area contributed by atoms with Crippen molar-refractivity contribution in [2.45, 2.75) is 30.8 Å². The van der Waals surface area contributed by atoms with Crippen molar-refractivity contribution >= 4 is 52.8 Å². The fraction of sp³-hybridized carbons (Fsp3) is 0.500. The molecule has 1 aromatic carbocycles. The summed E-state index contributed by atoms with van der Waals surface area (Å²) in [6.45, 7) is 3.61. The molecule has 2 fully saturated rings. The number of fused-ring (bicyclic) bond motifs is 1. The van der Waals surface area contributed by atoms with E-state index in [0.717, 1.165) is 57.6 Å². The predicted molar refractivity (Wildman–Crippen MR) is 129 cm³/mol. The number of anilines is 1. The summed E-state index contributed by atoms with van der Waals surface area (Å²) in [4.78, 5) is 11.1. The Bertz CT molecular complexity index is 1010. The Morgan fingerprint density at radius 3 is 2.41 bits per heavy atom. The summed E-state index contributed by atoms with van der Waals surface area (Å²) in [6.07, 6.45) is 3.17. The third-order valence-corrected chi connectivity index (χ3v) is 8.30. The Hall–Kier alpha value is -0.940. The number of piperidine rings is 1. The molecule has 4 heterocycles. The Balaban J connectivity index is 0.00000144. The van der Waals surface area contributed by atoms with Crippen LogP contribution in [0.3, 0.4) is 0 Å². The van der Waals surface area contributed by atoms with E-state index in [2.05, 4.69) is 20.2 Å². The topological polar surface area (TPSA) is 81.5 Å². The van der Waals surface area contributed by atoms with Crippen molar-refractivity contribution in [2.24, 2.45) is 5.41 Å². The molecule has 0 atom stereocenters. The van der Waals surface area contributed by atoms with Gasteiger partial charge in [0.1, 0.15) is 17.5 Å². The van der Waals surface area contributed by atoms with Crippen LogP contribution in [0.5, 0.6) is 0 Å². The van der Waals surface area contributed by atoms with Crippen molar-refractivity contribution in [3.63, 3.8) is 0 Å². The van der Waals surface area contributed by atoms with E-state index in [9.17, 15) is 17.9 Å². The lowest BCUT2D eigenvalue weighted by atomic mass is 9.78. The highest BCUT2D eigenvalue weighted by molar-refractivity contribution is 8.23. The van der Waals surface area contributed by atoms with Gasteiger partial charge in [0.25, 0.3) is 0 Å². The highest BCUT2D eigenvalue weighted by Crippen LogP contribution is 2.54. The molecule has 178 valence electrons. The minimum atomic E-state index is -2.84. The van der Waals surface area contributed by atoms with E-state index in [1.54, 1.807) is 0 Å². The maximum atomic E-state index is 14.5. The van der Waals surface area contributed by atoms with Crippen molar-refractivity contribution in [1.29, 1.82) is 0 Å². The first-order chi connectivity index (χ1) is 14.3. The maximum Gasteiger partial charge on any atom is 0.164 e. The molecule has 1 aromatic heterocycles. The highest BCUT2D eigenvalue weighted by atomic mass is 35.5. The van der Waals surface area contributed by atoms with Gasteiger partial charge in [0.15, 0.2) is 5.82 Å². The number of halogens is 5. The van der Waals surface area contributed by atoms with Crippen LogP contribution >= 0.6 is 47.0 Å². The van der Waals surface area contributed by atoms with E-state index in [4.69, 9.17) is 11.6 Å². The van der Waals surface area contributed by atoms with Gasteiger partial charge in [-0.2, -0.15) is 10.6 Å². The SMILES string of the molecule is Cl.Cl.OS1(O)Cc2nc(-c3cc(F)c(Cl)cc3F)nc(N3CCC4(CCNC4)CC3)c2C1. The van der Waals surface area contributed by atoms with Crippen LogP contribution in [0.2, 0.25) is 5.02 Å². The molecule has 0 radical (unpaired) electrons. The van der Waals surface area contributed by atoms with Crippen LogP contribution in [0.25, 0.3) is 11.4 Å². The molecular formula is C20H25Cl3F2N4O2S. The smallest absolute Gasteiger partial charge is 0.164 e. The second-order valence-electron chi connectivity index (χ2n) is 8.55. The molecule has 5 rings (SSSR count). The van der Waals surface area contributed by atoms with E-state index in [1.165, 1.54) is 0 Å². The fourth-order valence-corrected chi connectivity index (χ4v) is 6.46. The van der Waals surface area contributed by atoms with Crippen LogP contribution in [0, 0.1) is 17.0 Å². The fourth-order valence-electron chi connectivity index (χ4n) is 4.78. The molecule has 12 heteroatoms. The van der Waals surface area contributed by atoms with Crippen LogP contribution in [-0.4, -0.2) is 45.3 Å². The van der Waals surface area contributed by atoms with Crippen LogP contribution in [0.4, 0.5) is 14.6 Å². The molecule has 0 bridgehead atoms. The van der Waals surface area contributed by atoms with Crippen LogP contribution in [-0.2, 0) is 11.5 Å². The average molecular weight is 530 g/mol. The van der Waals surface area contributed by atoms with E-state index in [0.29, 0.717) is 22.5 Å². The van der Waals surface area contributed by atoms with Crippen LogP contribution in [0.15, 0.2) is 12.1 Å². The molecule has 1 spiro atoms. The van der Waals surface area contributed by atoms with Gasteiger partial charge >= 0.3 is 0 Å². The van der Waals surface area contributed by atoms with Crippen molar-refractivity contribution in [3.8, 4) is 11.4 Å². The summed E-state index contributed by atoms with van der Waals surface area (Å²) in [7, 11) is -2.84. The molecule has 3 N–H and O–H groups in total. The van der Waals surface area contributed by atoms with E-state index >= 15 is 0 Å². The van der Waals surface area contributed by atoms with Crippen molar-refractivity contribution < 1.29 is 17.9 Å². The largest absolute Gasteiger partial charge is 0.356 e. The normalized spacial score (nSPS) is 21.6. The van der Waals surface area contributed by atoms with E-state index in [1.807, 2.05) is 0 Å². The van der Waals surface area contributed by atoms with Gasteiger partial charge in [-0.25, -0.2) is 18.7 Å². The lowest BCUT2D eigenvalue weighted by Crippen LogP contribution is -2.42. The Kier molecular flexibility index (Phi) is 7.52. The average Bonchev–Trinajstić information content (AvgIpc) is 3.27. The Labute approximate surface area is 204 Å². The summed E-state index contributed by atoms with van der Waals surface area (Å²) in [5.41, 5.74) is 1.42. The van der Waals surface area contributed by atoms with E-state index in [-0.39, 0.29) is 52.7 Å². The number of benzene rings is 1. The van der Waals surface area contributed by atoms with Gasteiger partial charge in [0.2, 0.25) is 0 Å². The highest BCUT2D eigenvalue weighted by Gasteiger charge is 2.39. The number of rotatable bonds is 2. The molecule has 32 heavy (non-hydrogen) atoms. The summed E-state index contributed by atoms with van der Waals surface area (Å²) in [5.74, 6) is -0.731. The molecule has 0 amide bonds. The van der Waals surface area contributed by atoms with Gasteiger partial charge in [0.05, 0.1) is 27.8 Å². The molecular weight excluding hydrogens is 505 g/mol. The first kappa shape index (κ1) is 25.7.